The number of hydrogen-bond acceptors (Lipinski definition) is 5. The molecule has 0 unspecified atom stereocenters. The first-order valence-electron chi connectivity index (χ1n) is 8.05. The van der Waals surface area contributed by atoms with Crippen LogP contribution in [-0.4, -0.2) is 55.1 Å². The van der Waals surface area contributed by atoms with Crippen LogP contribution >= 0.6 is 11.3 Å². The van der Waals surface area contributed by atoms with Crippen molar-refractivity contribution < 1.29 is 18.0 Å². The number of pyridine rings is 1. The first kappa shape index (κ1) is 18.1. The minimum absolute atomic E-state index is 0.236. The van der Waals surface area contributed by atoms with E-state index in [-0.39, 0.29) is 10.7 Å². The van der Waals surface area contributed by atoms with Crippen molar-refractivity contribution in [1.82, 2.24) is 20.5 Å². The van der Waals surface area contributed by atoms with Crippen molar-refractivity contribution in [2.24, 2.45) is 0 Å². The van der Waals surface area contributed by atoms with Crippen LogP contribution < -0.4 is 10.6 Å². The van der Waals surface area contributed by atoms with Gasteiger partial charge in [0.2, 0.25) is 0 Å². The molecule has 0 saturated carbocycles. The fourth-order valence-electron chi connectivity index (χ4n) is 2.82. The zero-order valence-electron chi connectivity index (χ0n) is 13.7. The number of hydrogen-bond donors (Lipinski definition) is 2. The number of nitrogens with zero attached hydrogens (tertiary/aromatic N) is 2. The van der Waals surface area contributed by atoms with E-state index in [0.717, 1.165) is 50.1 Å². The number of carbonyl (C=O) groups excluding carboxylic acids is 1. The number of alkyl halides is 3. The van der Waals surface area contributed by atoms with Crippen molar-refractivity contribution in [3.63, 3.8) is 0 Å². The second-order valence-electron chi connectivity index (χ2n) is 5.95. The summed E-state index contributed by atoms with van der Waals surface area (Å²) in [5.41, 5.74) is -0.271. The molecule has 1 aliphatic rings. The maximum atomic E-state index is 12.8. The van der Waals surface area contributed by atoms with E-state index in [1.54, 1.807) is 6.92 Å². The molecule has 1 saturated heterocycles. The van der Waals surface area contributed by atoms with Crippen molar-refractivity contribution in [1.29, 1.82) is 0 Å². The Kier molecular flexibility index (Phi) is 5.26. The Morgan fingerprint density at radius 2 is 2.08 bits per heavy atom. The van der Waals surface area contributed by atoms with Crippen molar-refractivity contribution in [3.8, 4) is 0 Å². The van der Waals surface area contributed by atoms with E-state index < -0.39 is 11.9 Å². The molecule has 0 atom stereocenters. The highest BCUT2D eigenvalue weighted by Gasteiger charge is 2.33. The van der Waals surface area contributed by atoms with E-state index in [1.807, 2.05) is 0 Å². The maximum Gasteiger partial charge on any atom is 0.433 e. The predicted molar refractivity (Wildman–Crippen MR) is 91.0 cm³/mol. The molecule has 2 N–H and O–H groups in total. The number of aryl methyl sites for hydroxylation is 1. The third kappa shape index (κ3) is 4.10. The lowest BCUT2D eigenvalue weighted by molar-refractivity contribution is -0.140. The second kappa shape index (κ2) is 7.27. The molecule has 0 radical (unpaired) electrons. The van der Waals surface area contributed by atoms with Gasteiger partial charge in [0, 0.05) is 44.7 Å². The molecule has 0 spiro atoms. The van der Waals surface area contributed by atoms with E-state index >= 15 is 0 Å². The van der Waals surface area contributed by atoms with Gasteiger partial charge < -0.3 is 10.6 Å². The molecule has 9 heteroatoms. The molecule has 136 valence electrons. The average molecular weight is 372 g/mol. The van der Waals surface area contributed by atoms with Gasteiger partial charge in [-0.25, -0.2) is 4.98 Å². The Morgan fingerprint density at radius 1 is 1.36 bits per heavy atom. The molecular formula is C16H19F3N4OS. The fourth-order valence-corrected chi connectivity index (χ4v) is 3.91. The van der Waals surface area contributed by atoms with Crippen molar-refractivity contribution in [3.05, 3.63) is 28.3 Å². The number of fused-ring (bicyclic) bond motifs is 1. The number of rotatable bonds is 4. The minimum Gasteiger partial charge on any atom is -0.350 e. The van der Waals surface area contributed by atoms with E-state index in [9.17, 15) is 18.0 Å². The fraction of sp³-hybridized carbons (Fsp3) is 0.500. The molecule has 25 heavy (non-hydrogen) atoms. The summed E-state index contributed by atoms with van der Waals surface area (Å²) in [6.07, 6.45) is -4.49. The zero-order chi connectivity index (χ0) is 18.0. The highest BCUT2D eigenvalue weighted by Crippen LogP contribution is 2.34. The molecule has 3 heterocycles. The smallest absolute Gasteiger partial charge is 0.350 e. The van der Waals surface area contributed by atoms with Gasteiger partial charge in [-0.1, -0.05) is 0 Å². The molecule has 2 aromatic heterocycles. The van der Waals surface area contributed by atoms with Gasteiger partial charge in [-0.15, -0.1) is 11.3 Å². The van der Waals surface area contributed by atoms with Crippen LogP contribution in [0.4, 0.5) is 13.2 Å². The molecule has 1 fully saturated rings. The standard InChI is InChI=1S/C16H19F3N4OS/c1-10-11-2-3-12(16(17,18)19)22-15(11)25-13(10)14(24)21-6-9-23-7-4-20-5-8-23/h2-3,20H,4-9H2,1H3,(H,21,24). The van der Waals surface area contributed by atoms with Gasteiger partial charge in [-0.3, -0.25) is 9.69 Å². The lowest BCUT2D eigenvalue weighted by atomic mass is 10.2. The number of nitrogens with one attached hydrogen (secondary N) is 2. The average Bonchev–Trinajstić information content (AvgIpc) is 2.91. The molecular weight excluding hydrogens is 353 g/mol. The maximum absolute atomic E-state index is 12.8. The molecule has 3 rings (SSSR count). The van der Waals surface area contributed by atoms with E-state index in [0.29, 0.717) is 22.4 Å². The van der Waals surface area contributed by atoms with Crippen LogP contribution in [0.5, 0.6) is 0 Å². The third-order valence-electron chi connectivity index (χ3n) is 4.22. The number of aromatic nitrogens is 1. The Bertz CT molecular complexity index is 769. The van der Waals surface area contributed by atoms with Crippen LogP contribution in [0.3, 0.4) is 0 Å². The number of carbonyl (C=O) groups is 1. The first-order valence-corrected chi connectivity index (χ1v) is 8.86. The van der Waals surface area contributed by atoms with Gasteiger partial charge >= 0.3 is 6.18 Å². The summed E-state index contributed by atoms with van der Waals surface area (Å²) in [6.45, 7) is 6.78. The Morgan fingerprint density at radius 3 is 2.76 bits per heavy atom. The number of halogens is 3. The lowest BCUT2D eigenvalue weighted by Gasteiger charge is -2.27. The van der Waals surface area contributed by atoms with Crippen LogP contribution in [0.1, 0.15) is 20.9 Å². The van der Waals surface area contributed by atoms with Crippen molar-refractivity contribution in [2.75, 3.05) is 39.3 Å². The summed E-state index contributed by atoms with van der Waals surface area (Å²) in [4.78, 5) is 18.9. The summed E-state index contributed by atoms with van der Waals surface area (Å²) >= 11 is 1.00. The highest BCUT2D eigenvalue weighted by atomic mass is 32.1. The summed E-state index contributed by atoms with van der Waals surface area (Å²) in [5, 5.41) is 6.70. The monoisotopic (exact) mass is 372 g/mol. The Hall–Kier alpha value is -1.71. The van der Waals surface area contributed by atoms with E-state index in [4.69, 9.17) is 0 Å². The lowest BCUT2D eigenvalue weighted by Crippen LogP contribution is -2.46. The van der Waals surface area contributed by atoms with Crippen LogP contribution in [0.25, 0.3) is 10.2 Å². The summed E-state index contributed by atoms with van der Waals surface area (Å²) in [6, 6.07) is 2.34. The predicted octanol–water partition coefficient (Wildman–Crippen LogP) is 2.26. The highest BCUT2D eigenvalue weighted by molar-refractivity contribution is 7.20. The van der Waals surface area contributed by atoms with Crippen molar-refractivity contribution in [2.45, 2.75) is 13.1 Å². The quantitative estimate of drug-likeness (QED) is 0.865. The SMILES string of the molecule is Cc1c(C(=O)NCCN2CCNCC2)sc2nc(C(F)(F)F)ccc12. The normalized spacial score (nSPS) is 16.3. The molecule has 1 amide bonds. The molecule has 0 bridgehead atoms. The zero-order valence-corrected chi connectivity index (χ0v) is 14.6. The Labute approximate surface area is 147 Å². The van der Waals surface area contributed by atoms with Crippen LogP contribution in [0, 0.1) is 6.92 Å². The molecule has 2 aromatic rings. The van der Waals surface area contributed by atoms with E-state index in [2.05, 4.69) is 20.5 Å². The minimum atomic E-state index is -4.49. The summed E-state index contributed by atoms with van der Waals surface area (Å²) in [5.74, 6) is -0.260. The summed E-state index contributed by atoms with van der Waals surface area (Å²) in [7, 11) is 0. The number of piperazine rings is 1. The molecule has 1 aliphatic heterocycles. The largest absolute Gasteiger partial charge is 0.433 e. The van der Waals surface area contributed by atoms with Crippen LogP contribution in [0.15, 0.2) is 12.1 Å². The van der Waals surface area contributed by atoms with Crippen LogP contribution in [0.2, 0.25) is 0 Å². The number of amides is 1. The van der Waals surface area contributed by atoms with Gasteiger partial charge in [0.25, 0.3) is 5.91 Å². The first-order chi connectivity index (χ1) is 11.9. The van der Waals surface area contributed by atoms with Gasteiger partial charge in [0.15, 0.2) is 0 Å². The van der Waals surface area contributed by atoms with Gasteiger partial charge in [-0.2, -0.15) is 13.2 Å². The van der Waals surface area contributed by atoms with Gasteiger partial charge in [-0.05, 0) is 24.6 Å². The van der Waals surface area contributed by atoms with Crippen molar-refractivity contribution >= 4 is 27.5 Å². The molecule has 0 aliphatic carbocycles. The Balaban J connectivity index is 1.69. The third-order valence-corrected chi connectivity index (χ3v) is 5.42. The van der Waals surface area contributed by atoms with Gasteiger partial charge in [0.05, 0.1) is 4.88 Å². The molecule has 5 nitrogen and oxygen atoms in total. The van der Waals surface area contributed by atoms with Gasteiger partial charge in [0.1, 0.15) is 10.5 Å². The number of thiophene rings is 1. The van der Waals surface area contributed by atoms with Crippen LogP contribution in [-0.2, 0) is 6.18 Å². The van der Waals surface area contributed by atoms with E-state index in [1.165, 1.54) is 6.07 Å². The topological polar surface area (TPSA) is 57.3 Å². The second-order valence-corrected chi connectivity index (χ2v) is 6.95. The molecule has 0 aromatic carbocycles. The summed E-state index contributed by atoms with van der Waals surface area (Å²) < 4.78 is 38.3.